The Hall–Kier alpha value is -1.02. The molecule has 1 unspecified atom stereocenters. The lowest BCUT2D eigenvalue weighted by Gasteiger charge is -2.17. The van der Waals surface area contributed by atoms with Crippen molar-refractivity contribution in [3.8, 4) is 0 Å². The average molecular weight is 277 g/mol. The van der Waals surface area contributed by atoms with E-state index in [1.165, 1.54) is 30.3 Å². The molecule has 1 aromatic carbocycles. The molecule has 3 heteroatoms. The van der Waals surface area contributed by atoms with Gasteiger partial charge in [-0.05, 0) is 56.2 Å². The van der Waals surface area contributed by atoms with Gasteiger partial charge in [0.2, 0.25) is 0 Å². The molecule has 1 saturated carbocycles. The zero-order chi connectivity index (χ0) is 13.6. The molecule has 0 amide bonds. The van der Waals surface area contributed by atoms with E-state index >= 15 is 0 Å². The average Bonchev–Trinajstić information content (AvgIpc) is 3.06. The number of halogens is 1. The summed E-state index contributed by atoms with van der Waals surface area (Å²) in [5.41, 5.74) is 4.06. The highest BCUT2D eigenvalue weighted by Crippen LogP contribution is 2.50. The smallest absolute Gasteiger partial charge is 0.127 e. The van der Waals surface area contributed by atoms with Gasteiger partial charge in [-0.1, -0.05) is 13.0 Å². The van der Waals surface area contributed by atoms with E-state index in [-0.39, 0.29) is 5.38 Å². The summed E-state index contributed by atoms with van der Waals surface area (Å²) in [7, 11) is 0. The predicted octanol–water partition coefficient (Wildman–Crippen LogP) is 4.83. The standard InChI is InChI=1S/C16H21ClN2/c1-4-16(7-8-16)10-19-14-6-5-11(2)9-13(14)18-15(19)12(3)17/h5-6,9,12H,4,7-8,10H2,1-3H3. The lowest BCUT2D eigenvalue weighted by molar-refractivity contribution is 0.407. The highest BCUT2D eigenvalue weighted by Gasteiger charge is 2.41. The molecule has 1 aliphatic rings. The van der Waals surface area contributed by atoms with Crippen LogP contribution in [0, 0.1) is 12.3 Å². The van der Waals surface area contributed by atoms with Crippen LogP contribution in [0.15, 0.2) is 18.2 Å². The quantitative estimate of drug-likeness (QED) is 0.731. The molecular weight excluding hydrogens is 256 g/mol. The Bertz CT molecular complexity index is 608. The second-order valence-electron chi connectivity index (χ2n) is 6.02. The third-order valence-electron chi connectivity index (χ3n) is 4.49. The topological polar surface area (TPSA) is 17.8 Å². The zero-order valence-corrected chi connectivity index (χ0v) is 12.7. The van der Waals surface area contributed by atoms with Crippen LogP contribution >= 0.6 is 11.6 Å². The Balaban J connectivity index is 2.11. The van der Waals surface area contributed by atoms with Crippen molar-refractivity contribution in [3.05, 3.63) is 29.6 Å². The number of aryl methyl sites for hydroxylation is 1. The normalized spacial score (nSPS) is 18.7. The Morgan fingerprint density at radius 1 is 1.42 bits per heavy atom. The number of hydrogen-bond acceptors (Lipinski definition) is 1. The molecule has 1 aliphatic carbocycles. The molecule has 0 radical (unpaired) electrons. The molecule has 2 aromatic rings. The summed E-state index contributed by atoms with van der Waals surface area (Å²) < 4.78 is 2.35. The highest BCUT2D eigenvalue weighted by molar-refractivity contribution is 6.20. The third-order valence-corrected chi connectivity index (χ3v) is 4.68. The number of fused-ring (bicyclic) bond motifs is 1. The Morgan fingerprint density at radius 2 is 2.16 bits per heavy atom. The van der Waals surface area contributed by atoms with Gasteiger partial charge in [0.25, 0.3) is 0 Å². The minimum absolute atomic E-state index is 0.0413. The van der Waals surface area contributed by atoms with Gasteiger partial charge in [0.15, 0.2) is 0 Å². The molecule has 1 heterocycles. The Morgan fingerprint density at radius 3 is 2.74 bits per heavy atom. The van der Waals surface area contributed by atoms with Gasteiger partial charge in [0.1, 0.15) is 5.82 Å². The summed E-state index contributed by atoms with van der Waals surface area (Å²) in [6.07, 6.45) is 3.92. The van der Waals surface area contributed by atoms with Gasteiger partial charge in [0, 0.05) is 6.54 Å². The first-order valence-corrected chi connectivity index (χ1v) is 7.59. The molecule has 3 rings (SSSR count). The molecule has 0 saturated heterocycles. The van der Waals surface area contributed by atoms with Gasteiger partial charge in [0.05, 0.1) is 16.4 Å². The van der Waals surface area contributed by atoms with Crippen molar-refractivity contribution in [2.45, 2.75) is 52.0 Å². The molecule has 102 valence electrons. The fourth-order valence-electron chi connectivity index (χ4n) is 2.86. The van der Waals surface area contributed by atoms with Crippen LogP contribution in [0.3, 0.4) is 0 Å². The van der Waals surface area contributed by atoms with Crippen LogP contribution in [0.25, 0.3) is 11.0 Å². The van der Waals surface area contributed by atoms with Crippen molar-refractivity contribution < 1.29 is 0 Å². The predicted molar refractivity (Wildman–Crippen MR) is 80.7 cm³/mol. The fraction of sp³-hybridized carbons (Fsp3) is 0.562. The van der Waals surface area contributed by atoms with Gasteiger partial charge < -0.3 is 4.57 Å². The van der Waals surface area contributed by atoms with Crippen LogP contribution in [-0.4, -0.2) is 9.55 Å². The minimum atomic E-state index is -0.0413. The second-order valence-corrected chi connectivity index (χ2v) is 6.67. The van der Waals surface area contributed by atoms with E-state index in [0.717, 1.165) is 17.9 Å². The SMILES string of the molecule is CCC1(Cn2c(C(C)Cl)nc3cc(C)ccc32)CC1. The Kier molecular flexibility index (Phi) is 3.09. The molecule has 1 fully saturated rings. The number of alkyl halides is 1. The van der Waals surface area contributed by atoms with E-state index in [4.69, 9.17) is 16.6 Å². The van der Waals surface area contributed by atoms with Crippen LogP contribution in [0.2, 0.25) is 0 Å². The first-order valence-electron chi connectivity index (χ1n) is 7.15. The van der Waals surface area contributed by atoms with Crippen molar-refractivity contribution in [1.82, 2.24) is 9.55 Å². The molecular formula is C16H21ClN2. The summed E-state index contributed by atoms with van der Waals surface area (Å²) in [4.78, 5) is 4.75. The highest BCUT2D eigenvalue weighted by atomic mass is 35.5. The number of nitrogens with zero attached hydrogens (tertiary/aromatic N) is 2. The fourth-order valence-corrected chi connectivity index (χ4v) is 3.03. The maximum Gasteiger partial charge on any atom is 0.127 e. The molecule has 1 aromatic heterocycles. The van der Waals surface area contributed by atoms with Crippen LogP contribution < -0.4 is 0 Å². The van der Waals surface area contributed by atoms with Gasteiger partial charge in [-0.2, -0.15) is 0 Å². The maximum atomic E-state index is 6.33. The summed E-state index contributed by atoms with van der Waals surface area (Å²) in [6, 6.07) is 6.50. The van der Waals surface area contributed by atoms with E-state index in [2.05, 4.69) is 36.6 Å². The molecule has 19 heavy (non-hydrogen) atoms. The van der Waals surface area contributed by atoms with Crippen molar-refractivity contribution in [2.75, 3.05) is 0 Å². The number of aromatic nitrogens is 2. The van der Waals surface area contributed by atoms with Crippen LogP contribution in [0.4, 0.5) is 0 Å². The first-order chi connectivity index (χ1) is 9.04. The van der Waals surface area contributed by atoms with E-state index in [1.807, 2.05) is 6.92 Å². The van der Waals surface area contributed by atoms with Crippen LogP contribution in [-0.2, 0) is 6.54 Å². The van der Waals surface area contributed by atoms with Gasteiger partial charge in [-0.25, -0.2) is 4.98 Å². The van der Waals surface area contributed by atoms with Crippen molar-refractivity contribution in [3.63, 3.8) is 0 Å². The van der Waals surface area contributed by atoms with Crippen LogP contribution in [0.1, 0.15) is 49.9 Å². The van der Waals surface area contributed by atoms with Crippen molar-refractivity contribution >= 4 is 22.6 Å². The monoisotopic (exact) mass is 276 g/mol. The third kappa shape index (κ3) is 2.27. The largest absolute Gasteiger partial charge is 0.326 e. The summed E-state index contributed by atoms with van der Waals surface area (Å²) in [5.74, 6) is 1.02. The van der Waals surface area contributed by atoms with Gasteiger partial charge in [-0.15, -0.1) is 11.6 Å². The van der Waals surface area contributed by atoms with Gasteiger partial charge >= 0.3 is 0 Å². The number of hydrogen-bond donors (Lipinski definition) is 0. The lowest BCUT2D eigenvalue weighted by Crippen LogP contribution is -2.13. The van der Waals surface area contributed by atoms with E-state index < -0.39 is 0 Å². The molecule has 0 spiro atoms. The van der Waals surface area contributed by atoms with E-state index in [0.29, 0.717) is 5.41 Å². The van der Waals surface area contributed by atoms with Crippen molar-refractivity contribution in [1.29, 1.82) is 0 Å². The zero-order valence-electron chi connectivity index (χ0n) is 11.9. The molecule has 0 bridgehead atoms. The van der Waals surface area contributed by atoms with E-state index in [1.54, 1.807) is 0 Å². The first kappa shape index (κ1) is 13.0. The number of rotatable bonds is 4. The van der Waals surface area contributed by atoms with Crippen LogP contribution in [0.5, 0.6) is 0 Å². The Labute approximate surface area is 119 Å². The summed E-state index contributed by atoms with van der Waals surface area (Å²) in [5, 5.41) is -0.0413. The molecule has 0 N–H and O–H groups in total. The maximum absolute atomic E-state index is 6.33. The van der Waals surface area contributed by atoms with E-state index in [9.17, 15) is 0 Å². The molecule has 0 aliphatic heterocycles. The van der Waals surface area contributed by atoms with Crippen molar-refractivity contribution in [2.24, 2.45) is 5.41 Å². The summed E-state index contributed by atoms with van der Waals surface area (Å²) >= 11 is 6.33. The van der Waals surface area contributed by atoms with Gasteiger partial charge in [-0.3, -0.25) is 0 Å². The summed E-state index contributed by atoms with van der Waals surface area (Å²) in [6.45, 7) is 7.48. The molecule has 2 nitrogen and oxygen atoms in total. The second kappa shape index (κ2) is 4.52. The molecule has 1 atom stereocenters. The number of imidazole rings is 1. The lowest BCUT2D eigenvalue weighted by atomic mass is 10.0. The number of benzene rings is 1. The minimum Gasteiger partial charge on any atom is -0.326 e.